The summed E-state index contributed by atoms with van der Waals surface area (Å²) in [6.07, 6.45) is 0. The summed E-state index contributed by atoms with van der Waals surface area (Å²) in [4.78, 5) is 0. The van der Waals surface area contributed by atoms with E-state index < -0.39 is 0 Å². The van der Waals surface area contributed by atoms with E-state index in [9.17, 15) is 0 Å². The quantitative estimate of drug-likeness (QED) is 0.162. The number of rotatable bonds is 4. The molecule has 0 heterocycles. The standard InChI is InChI=1S/C54H34/c1-2-18-37(19-3-1)51-43-24-8-10-26-45(43)52(46-27-11-9-25-44(46)51)38-32-33-49-50(34-38)54(42-31-15-21-36-17-5-7-23-40(36)42)48-29-13-12-28-47(48)53(49)41-30-14-20-35-16-4-6-22-39(35)41/h1-34H. The van der Waals surface area contributed by atoms with Gasteiger partial charge in [0.2, 0.25) is 0 Å². The highest BCUT2D eigenvalue weighted by Crippen LogP contribution is 2.49. The number of fused-ring (bicyclic) bond motifs is 6. The van der Waals surface area contributed by atoms with Crippen molar-refractivity contribution in [3.05, 3.63) is 206 Å². The van der Waals surface area contributed by atoms with Gasteiger partial charge in [0.05, 0.1) is 0 Å². The Morgan fingerprint density at radius 1 is 0.185 bits per heavy atom. The lowest BCUT2D eigenvalue weighted by molar-refractivity contribution is 1.66. The second-order valence-electron chi connectivity index (χ2n) is 14.3. The van der Waals surface area contributed by atoms with Crippen molar-refractivity contribution in [2.24, 2.45) is 0 Å². The fraction of sp³-hybridized carbons (Fsp3) is 0. The van der Waals surface area contributed by atoms with E-state index in [2.05, 4.69) is 206 Å². The monoisotopic (exact) mass is 682 g/mol. The van der Waals surface area contributed by atoms with E-state index in [1.54, 1.807) is 0 Å². The highest BCUT2D eigenvalue weighted by atomic mass is 14.2. The molecular formula is C54H34. The maximum atomic E-state index is 2.49. The molecule has 11 aromatic rings. The third kappa shape index (κ3) is 4.64. The summed E-state index contributed by atoms with van der Waals surface area (Å²) in [5.41, 5.74) is 10.1. The Kier molecular flexibility index (Phi) is 6.97. The van der Waals surface area contributed by atoms with Crippen molar-refractivity contribution in [2.75, 3.05) is 0 Å². The van der Waals surface area contributed by atoms with Gasteiger partial charge in [-0.3, -0.25) is 0 Å². The van der Waals surface area contributed by atoms with Gasteiger partial charge in [0.1, 0.15) is 0 Å². The lowest BCUT2D eigenvalue weighted by Crippen LogP contribution is -1.94. The molecule has 0 N–H and O–H groups in total. The van der Waals surface area contributed by atoms with Gasteiger partial charge in [0, 0.05) is 0 Å². The SMILES string of the molecule is c1ccc(-c2c3ccccc3c(-c3ccc4c(-c5cccc6ccccc56)c5ccccc5c(-c5cccc6ccccc56)c4c3)c3ccccc23)cc1. The first kappa shape index (κ1) is 30.6. The first-order valence-electron chi connectivity index (χ1n) is 18.8. The Hall–Kier alpha value is -7.02. The van der Waals surface area contributed by atoms with Crippen LogP contribution >= 0.6 is 0 Å². The molecule has 0 aliphatic rings. The summed E-state index contributed by atoms with van der Waals surface area (Å²) >= 11 is 0. The maximum Gasteiger partial charge on any atom is -0.00199 e. The van der Waals surface area contributed by atoms with E-state index in [0.29, 0.717) is 0 Å². The Morgan fingerprint density at radius 2 is 0.537 bits per heavy atom. The molecule has 0 saturated carbocycles. The Bertz CT molecular complexity index is 3190. The Balaban J connectivity index is 1.32. The third-order valence-corrected chi connectivity index (χ3v) is 11.4. The first-order chi connectivity index (χ1) is 26.8. The molecule has 0 heteroatoms. The highest BCUT2D eigenvalue weighted by molar-refractivity contribution is 6.27. The molecule has 11 rings (SSSR count). The molecule has 0 radical (unpaired) electrons. The van der Waals surface area contributed by atoms with Gasteiger partial charge < -0.3 is 0 Å². The second kappa shape index (κ2) is 12.3. The van der Waals surface area contributed by atoms with Gasteiger partial charge in [0.25, 0.3) is 0 Å². The van der Waals surface area contributed by atoms with Gasteiger partial charge in [-0.25, -0.2) is 0 Å². The molecule has 0 saturated heterocycles. The van der Waals surface area contributed by atoms with Crippen molar-refractivity contribution >= 4 is 64.6 Å². The minimum Gasteiger partial charge on any atom is -0.0622 e. The van der Waals surface area contributed by atoms with Crippen LogP contribution in [0.3, 0.4) is 0 Å². The smallest absolute Gasteiger partial charge is 0.00199 e. The zero-order chi connectivity index (χ0) is 35.6. The van der Waals surface area contributed by atoms with E-state index in [0.717, 1.165) is 0 Å². The fourth-order valence-electron chi connectivity index (χ4n) is 9.16. The molecule has 11 aromatic carbocycles. The van der Waals surface area contributed by atoms with E-state index in [1.807, 2.05) is 0 Å². The van der Waals surface area contributed by atoms with Crippen LogP contribution in [0.25, 0.3) is 109 Å². The van der Waals surface area contributed by atoms with Gasteiger partial charge in [-0.05, 0) is 115 Å². The number of hydrogen-bond donors (Lipinski definition) is 0. The van der Waals surface area contributed by atoms with Crippen LogP contribution < -0.4 is 0 Å². The Labute approximate surface area is 314 Å². The molecule has 0 spiro atoms. The normalized spacial score (nSPS) is 11.7. The summed E-state index contributed by atoms with van der Waals surface area (Å²) < 4.78 is 0. The highest BCUT2D eigenvalue weighted by Gasteiger charge is 2.22. The van der Waals surface area contributed by atoms with Crippen molar-refractivity contribution in [1.82, 2.24) is 0 Å². The summed E-state index contributed by atoms with van der Waals surface area (Å²) in [7, 11) is 0. The maximum absolute atomic E-state index is 2.49. The summed E-state index contributed by atoms with van der Waals surface area (Å²) in [5.74, 6) is 0. The average Bonchev–Trinajstić information content (AvgIpc) is 3.24. The van der Waals surface area contributed by atoms with Crippen LogP contribution in [0.15, 0.2) is 206 Å². The molecular weight excluding hydrogens is 649 g/mol. The topological polar surface area (TPSA) is 0 Å². The van der Waals surface area contributed by atoms with E-state index in [1.165, 1.54) is 109 Å². The van der Waals surface area contributed by atoms with Gasteiger partial charge >= 0.3 is 0 Å². The van der Waals surface area contributed by atoms with Gasteiger partial charge in [-0.15, -0.1) is 0 Å². The van der Waals surface area contributed by atoms with Crippen LogP contribution in [0.1, 0.15) is 0 Å². The van der Waals surface area contributed by atoms with Crippen LogP contribution in [0.4, 0.5) is 0 Å². The van der Waals surface area contributed by atoms with E-state index in [4.69, 9.17) is 0 Å². The molecule has 0 aromatic heterocycles. The Morgan fingerprint density at radius 3 is 1.04 bits per heavy atom. The lowest BCUT2D eigenvalue weighted by atomic mass is 9.81. The molecule has 0 amide bonds. The summed E-state index contributed by atoms with van der Waals surface area (Å²) in [5, 5.41) is 15.1. The summed E-state index contributed by atoms with van der Waals surface area (Å²) in [6, 6.07) is 76.1. The minimum atomic E-state index is 1.22. The van der Waals surface area contributed by atoms with E-state index >= 15 is 0 Å². The molecule has 0 aliphatic heterocycles. The number of hydrogen-bond acceptors (Lipinski definition) is 0. The molecule has 0 bridgehead atoms. The summed E-state index contributed by atoms with van der Waals surface area (Å²) in [6.45, 7) is 0. The first-order valence-corrected chi connectivity index (χ1v) is 18.8. The molecule has 0 fully saturated rings. The molecule has 250 valence electrons. The molecule has 0 nitrogen and oxygen atoms in total. The van der Waals surface area contributed by atoms with Crippen molar-refractivity contribution in [3.8, 4) is 44.5 Å². The van der Waals surface area contributed by atoms with Crippen molar-refractivity contribution in [2.45, 2.75) is 0 Å². The molecule has 0 atom stereocenters. The zero-order valence-corrected chi connectivity index (χ0v) is 29.6. The van der Waals surface area contributed by atoms with Crippen LogP contribution in [0.5, 0.6) is 0 Å². The van der Waals surface area contributed by atoms with Crippen molar-refractivity contribution in [1.29, 1.82) is 0 Å². The predicted molar refractivity (Wildman–Crippen MR) is 233 cm³/mol. The zero-order valence-electron chi connectivity index (χ0n) is 29.6. The largest absolute Gasteiger partial charge is 0.0622 e. The van der Waals surface area contributed by atoms with Crippen molar-refractivity contribution < 1.29 is 0 Å². The van der Waals surface area contributed by atoms with Gasteiger partial charge in [-0.2, -0.15) is 0 Å². The van der Waals surface area contributed by atoms with Crippen LogP contribution in [0.2, 0.25) is 0 Å². The van der Waals surface area contributed by atoms with Crippen LogP contribution in [-0.2, 0) is 0 Å². The van der Waals surface area contributed by atoms with E-state index in [-0.39, 0.29) is 0 Å². The average molecular weight is 683 g/mol. The number of benzene rings is 11. The van der Waals surface area contributed by atoms with Gasteiger partial charge in [0.15, 0.2) is 0 Å². The predicted octanol–water partition coefficient (Wildman–Crippen LogP) is 15.3. The molecule has 54 heavy (non-hydrogen) atoms. The molecule has 0 unspecified atom stereocenters. The third-order valence-electron chi connectivity index (χ3n) is 11.4. The molecule has 0 aliphatic carbocycles. The second-order valence-corrected chi connectivity index (χ2v) is 14.3. The van der Waals surface area contributed by atoms with Gasteiger partial charge in [-0.1, -0.05) is 200 Å². The lowest BCUT2D eigenvalue weighted by Gasteiger charge is -2.21. The minimum absolute atomic E-state index is 1.22. The van der Waals surface area contributed by atoms with Crippen LogP contribution in [-0.4, -0.2) is 0 Å². The van der Waals surface area contributed by atoms with Crippen LogP contribution in [0, 0.1) is 0 Å². The fourth-order valence-corrected chi connectivity index (χ4v) is 9.16. The van der Waals surface area contributed by atoms with Crippen molar-refractivity contribution in [3.63, 3.8) is 0 Å².